The summed E-state index contributed by atoms with van der Waals surface area (Å²) < 4.78 is 46.3. The van der Waals surface area contributed by atoms with Gasteiger partial charge in [-0.25, -0.2) is 4.79 Å². The molecule has 0 atom stereocenters. The lowest BCUT2D eigenvalue weighted by Crippen LogP contribution is -2.48. The number of carbonyl (C=O) groups excluding carboxylic acids is 2. The molecule has 1 amide bonds. The van der Waals surface area contributed by atoms with Crippen LogP contribution < -0.4 is 5.69 Å². The first-order chi connectivity index (χ1) is 16.5. The van der Waals surface area contributed by atoms with Gasteiger partial charge in [-0.3, -0.25) is 18.7 Å². The van der Waals surface area contributed by atoms with E-state index in [-0.39, 0.29) is 42.1 Å². The number of hydrogen-bond donors (Lipinski definition) is 0. The highest BCUT2D eigenvalue weighted by Crippen LogP contribution is 2.37. The molecule has 35 heavy (non-hydrogen) atoms. The molecule has 4 rings (SSSR count). The fourth-order valence-corrected chi connectivity index (χ4v) is 5.32. The number of ether oxygens (including phenoxy) is 1. The van der Waals surface area contributed by atoms with Gasteiger partial charge in [0.1, 0.15) is 0 Å². The summed E-state index contributed by atoms with van der Waals surface area (Å²) in [6.45, 7) is 2.10. The van der Waals surface area contributed by atoms with Gasteiger partial charge in [-0.15, -0.1) is 0 Å². The summed E-state index contributed by atoms with van der Waals surface area (Å²) in [6.07, 6.45) is 2.35. The predicted molar refractivity (Wildman–Crippen MR) is 122 cm³/mol. The third-order valence-electron chi connectivity index (χ3n) is 7.67. The van der Waals surface area contributed by atoms with Crippen LogP contribution in [0, 0.1) is 5.92 Å². The molecule has 2 heterocycles. The molecule has 2 fully saturated rings. The van der Waals surface area contributed by atoms with Crippen LogP contribution in [-0.4, -0.2) is 52.3 Å². The lowest BCUT2D eigenvalue weighted by molar-refractivity contribution is -0.186. The molecular formula is C25H30F3N3O4. The molecule has 0 N–H and O–H groups in total. The van der Waals surface area contributed by atoms with E-state index in [2.05, 4.69) is 0 Å². The second-order valence-electron chi connectivity index (χ2n) is 9.78. The van der Waals surface area contributed by atoms with E-state index in [1.807, 2.05) is 31.2 Å². The Kier molecular flexibility index (Phi) is 6.83. The molecule has 0 spiro atoms. The van der Waals surface area contributed by atoms with Crippen LogP contribution in [0.2, 0.25) is 0 Å². The molecule has 0 unspecified atom stereocenters. The lowest BCUT2D eigenvalue weighted by atomic mass is 9.74. The molecule has 0 bridgehead atoms. The summed E-state index contributed by atoms with van der Waals surface area (Å²) in [5, 5.41) is 0. The van der Waals surface area contributed by atoms with E-state index in [1.165, 1.54) is 7.11 Å². The van der Waals surface area contributed by atoms with Gasteiger partial charge in [0.05, 0.1) is 18.7 Å². The van der Waals surface area contributed by atoms with Crippen LogP contribution in [0.25, 0.3) is 5.69 Å². The fraction of sp³-hybridized carbons (Fsp3) is 0.560. The number of carbonyl (C=O) groups is 2. The SMILES string of the molecule is COC(=O)[C@H]1CC[C@H](n2ccn(-c3ccc(C4(C)CCN(C(=O)C(F)(F)F)CC4)cc3)c2=O)CC1. The molecule has 10 heteroatoms. The van der Waals surface area contributed by atoms with Gasteiger partial charge in [0.15, 0.2) is 0 Å². The first-order valence-corrected chi connectivity index (χ1v) is 11.9. The number of imidazole rings is 1. The predicted octanol–water partition coefficient (Wildman–Crippen LogP) is 3.99. The summed E-state index contributed by atoms with van der Waals surface area (Å²) in [6, 6.07) is 7.53. The Morgan fingerprint density at radius 2 is 1.60 bits per heavy atom. The van der Waals surface area contributed by atoms with Crippen LogP contribution in [-0.2, 0) is 19.7 Å². The quantitative estimate of drug-likeness (QED) is 0.604. The average molecular weight is 494 g/mol. The Bertz CT molecular complexity index is 1120. The number of hydrogen-bond acceptors (Lipinski definition) is 4. The van der Waals surface area contributed by atoms with Crippen molar-refractivity contribution < 1.29 is 27.5 Å². The molecule has 2 aliphatic rings. The van der Waals surface area contributed by atoms with Crippen molar-refractivity contribution >= 4 is 11.9 Å². The molecule has 7 nitrogen and oxygen atoms in total. The number of amides is 1. The Morgan fingerprint density at radius 3 is 2.14 bits per heavy atom. The van der Waals surface area contributed by atoms with Crippen LogP contribution in [0.3, 0.4) is 0 Å². The Morgan fingerprint density at radius 1 is 1.00 bits per heavy atom. The Balaban J connectivity index is 1.43. The van der Waals surface area contributed by atoms with Crippen molar-refractivity contribution in [2.45, 2.75) is 63.1 Å². The number of esters is 1. The van der Waals surface area contributed by atoms with Crippen LogP contribution in [0.1, 0.15) is 57.1 Å². The average Bonchev–Trinajstić information content (AvgIpc) is 3.24. The minimum absolute atomic E-state index is 0.0347. The second-order valence-corrected chi connectivity index (χ2v) is 9.78. The molecule has 2 aromatic rings. The zero-order chi connectivity index (χ0) is 25.4. The van der Waals surface area contributed by atoms with Crippen molar-refractivity contribution in [1.82, 2.24) is 14.0 Å². The summed E-state index contributed by atoms with van der Waals surface area (Å²) in [7, 11) is 1.39. The van der Waals surface area contributed by atoms with E-state index >= 15 is 0 Å². The number of rotatable bonds is 4. The van der Waals surface area contributed by atoms with Gasteiger partial charge in [0, 0.05) is 31.5 Å². The second kappa shape index (κ2) is 9.54. The molecular weight excluding hydrogens is 463 g/mol. The van der Waals surface area contributed by atoms with Crippen molar-refractivity contribution in [3.63, 3.8) is 0 Å². The molecule has 0 radical (unpaired) electrons. The van der Waals surface area contributed by atoms with Gasteiger partial charge in [0.25, 0.3) is 0 Å². The highest BCUT2D eigenvalue weighted by Gasteiger charge is 2.45. The number of benzene rings is 1. The molecule has 1 saturated carbocycles. The van der Waals surface area contributed by atoms with Crippen molar-refractivity contribution in [1.29, 1.82) is 0 Å². The number of halogens is 3. The van der Waals surface area contributed by atoms with Crippen molar-refractivity contribution in [3.8, 4) is 5.69 Å². The van der Waals surface area contributed by atoms with Crippen molar-refractivity contribution in [3.05, 3.63) is 52.7 Å². The zero-order valence-corrected chi connectivity index (χ0v) is 19.9. The number of methoxy groups -OCH3 is 1. The first kappa shape index (κ1) is 25.1. The summed E-state index contributed by atoms with van der Waals surface area (Å²) in [4.78, 5) is 37.2. The number of likely N-dealkylation sites (tertiary alicyclic amines) is 1. The van der Waals surface area contributed by atoms with Gasteiger partial charge >= 0.3 is 23.7 Å². The van der Waals surface area contributed by atoms with Gasteiger partial charge in [0.2, 0.25) is 0 Å². The zero-order valence-electron chi connectivity index (χ0n) is 19.9. The first-order valence-electron chi connectivity index (χ1n) is 11.9. The van der Waals surface area contributed by atoms with E-state index in [0.29, 0.717) is 31.4 Å². The van der Waals surface area contributed by atoms with Crippen LogP contribution >= 0.6 is 0 Å². The molecule has 1 aromatic heterocycles. The molecule has 1 saturated heterocycles. The third kappa shape index (κ3) is 5.01. The van der Waals surface area contributed by atoms with E-state index < -0.39 is 12.1 Å². The number of piperidine rings is 1. The van der Waals surface area contributed by atoms with Crippen LogP contribution in [0.15, 0.2) is 41.5 Å². The summed E-state index contributed by atoms with van der Waals surface area (Å²) in [5.74, 6) is -2.08. The van der Waals surface area contributed by atoms with E-state index in [4.69, 9.17) is 4.74 Å². The van der Waals surface area contributed by atoms with Gasteiger partial charge in [-0.1, -0.05) is 19.1 Å². The van der Waals surface area contributed by atoms with Crippen LogP contribution in [0.5, 0.6) is 0 Å². The molecule has 1 aliphatic carbocycles. The maximum atomic E-state index is 13.1. The summed E-state index contributed by atoms with van der Waals surface area (Å²) in [5.41, 5.74) is 1.17. The normalized spacial score (nSPS) is 22.6. The highest BCUT2D eigenvalue weighted by atomic mass is 19.4. The largest absolute Gasteiger partial charge is 0.471 e. The van der Waals surface area contributed by atoms with E-state index in [9.17, 15) is 27.6 Å². The topological polar surface area (TPSA) is 73.5 Å². The Hall–Kier alpha value is -3.04. The van der Waals surface area contributed by atoms with E-state index in [0.717, 1.165) is 23.3 Å². The maximum Gasteiger partial charge on any atom is 0.471 e. The lowest BCUT2D eigenvalue weighted by Gasteiger charge is -2.40. The standard InChI is InChI=1S/C25H30F3N3O4/c1-24(11-13-29(14-12-24)22(33)25(26,27)28)18-5-9-20(10-6-18)31-16-15-30(23(31)34)19-7-3-17(4-8-19)21(32)35-2/h5-6,9-10,15-17,19H,3-4,7-8,11-14H2,1-2H3/t17-,19-. The summed E-state index contributed by atoms with van der Waals surface area (Å²) >= 11 is 0. The fourth-order valence-electron chi connectivity index (χ4n) is 5.32. The number of alkyl halides is 3. The third-order valence-corrected chi connectivity index (χ3v) is 7.67. The molecule has 190 valence electrons. The highest BCUT2D eigenvalue weighted by molar-refractivity contribution is 5.82. The Labute approximate surface area is 201 Å². The molecule has 1 aliphatic heterocycles. The number of nitrogens with zero attached hydrogens (tertiary/aromatic N) is 3. The minimum atomic E-state index is -4.85. The van der Waals surface area contributed by atoms with Crippen molar-refractivity contribution in [2.75, 3.05) is 20.2 Å². The van der Waals surface area contributed by atoms with E-state index in [1.54, 1.807) is 21.5 Å². The smallest absolute Gasteiger partial charge is 0.469 e. The van der Waals surface area contributed by atoms with Crippen molar-refractivity contribution in [2.24, 2.45) is 5.92 Å². The minimum Gasteiger partial charge on any atom is -0.469 e. The monoisotopic (exact) mass is 493 g/mol. The van der Waals surface area contributed by atoms with Gasteiger partial charge in [-0.05, 0) is 61.6 Å². The maximum absolute atomic E-state index is 13.1. The number of aromatic nitrogens is 2. The van der Waals surface area contributed by atoms with Gasteiger partial charge in [-0.2, -0.15) is 13.2 Å². The molecule has 1 aromatic carbocycles. The van der Waals surface area contributed by atoms with Gasteiger partial charge < -0.3 is 9.64 Å². The van der Waals surface area contributed by atoms with Crippen LogP contribution in [0.4, 0.5) is 13.2 Å².